The van der Waals surface area contributed by atoms with Crippen LogP contribution in [0.4, 0.5) is 0 Å². The van der Waals surface area contributed by atoms with Crippen LogP contribution in [0.15, 0.2) is 24.3 Å². The Morgan fingerprint density at radius 2 is 2.22 bits per heavy atom. The van der Waals surface area contributed by atoms with Crippen molar-refractivity contribution in [2.45, 2.75) is 31.6 Å². The van der Waals surface area contributed by atoms with E-state index in [9.17, 15) is 0 Å². The molecule has 1 rings (SSSR count). The maximum absolute atomic E-state index is 8.97. The summed E-state index contributed by atoms with van der Waals surface area (Å²) in [5.74, 6) is 1.88. The van der Waals surface area contributed by atoms with Crippen LogP contribution in [-0.4, -0.2) is 18.3 Å². The predicted molar refractivity (Wildman–Crippen MR) is 79.9 cm³/mol. The zero-order chi connectivity index (χ0) is 13.2. The van der Waals surface area contributed by atoms with Gasteiger partial charge in [0.25, 0.3) is 0 Å². The van der Waals surface area contributed by atoms with Gasteiger partial charge in [-0.3, -0.25) is 0 Å². The fourth-order valence-corrected chi connectivity index (χ4v) is 2.83. The first kappa shape index (κ1) is 15.4. The molecule has 0 radical (unpaired) electrons. The van der Waals surface area contributed by atoms with Crippen LogP contribution in [-0.2, 0) is 5.75 Å². The number of thioether (sulfide) groups is 1. The van der Waals surface area contributed by atoms with Gasteiger partial charge in [-0.1, -0.05) is 36.7 Å². The zero-order valence-corrected chi connectivity index (χ0v) is 12.2. The largest absolute Gasteiger partial charge is 0.302 e. The first-order valence-corrected chi connectivity index (χ1v) is 7.75. The Morgan fingerprint density at radius 3 is 2.89 bits per heavy atom. The smallest absolute Gasteiger partial charge is 0.0960 e. The first-order chi connectivity index (χ1) is 8.77. The molecular weight excluding hydrogens is 264 g/mol. The maximum Gasteiger partial charge on any atom is 0.0960 e. The normalized spacial score (nSPS) is 12.1. The molecule has 18 heavy (non-hydrogen) atoms. The fraction of sp³-hybridized carbons (Fsp3) is 0.500. The monoisotopic (exact) mass is 282 g/mol. The van der Waals surface area contributed by atoms with Gasteiger partial charge in [0.05, 0.1) is 12.1 Å². The number of rotatable bonds is 8. The molecule has 0 saturated carbocycles. The van der Waals surface area contributed by atoms with Crippen molar-refractivity contribution < 1.29 is 0 Å². The number of nitrogens with one attached hydrogen (secondary N) is 1. The fourth-order valence-electron chi connectivity index (χ4n) is 1.53. The van der Waals surface area contributed by atoms with Crippen LogP contribution >= 0.6 is 23.4 Å². The van der Waals surface area contributed by atoms with E-state index < -0.39 is 0 Å². The van der Waals surface area contributed by atoms with Crippen LogP contribution in [0.1, 0.15) is 25.3 Å². The van der Waals surface area contributed by atoms with Gasteiger partial charge in [-0.25, -0.2) is 0 Å². The summed E-state index contributed by atoms with van der Waals surface area (Å²) in [6, 6.07) is 10.2. The molecular formula is C14H19ClN2S. The van der Waals surface area contributed by atoms with E-state index in [4.69, 9.17) is 16.9 Å². The van der Waals surface area contributed by atoms with Crippen molar-refractivity contribution in [1.82, 2.24) is 5.32 Å². The number of hydrogen-bond donors (Lipinski definition) is 1. The lowest BCUT2D eigenvalue weighted by Crippen LogP contribution is -2.28. The van der Waals surface area contributed by atoms with Gasteiger partial charge in [-0.2, -0.15) is 17.0 Å². The molecule has 1 aromatic rings. The van der Waals surface area contributed by atoms with E-state index in [2.05, 4.69) is 18.3 Å². The number of nitriles is 1. The second kappa shape index (κ2) is 9.27. The van der Waals surface area contributed by atoms with E-state index in [-0.39, 0.29) is 6.04 Å². The number of hydrogen-bond acceptors (Lipinski definition) is 3. The lowest BCUT2D eigenvalue weighted by molar-refractivity contribution is 0.585. The maximum atomic E-state index is 8.97. The lowest BCUT2D eigenvalue weighted by Gasteiger charge is -2.10. The third-order valence-corrected chi connectivity index (χ3v) is 3.97. The molecule has 0 amide bonds. The lowest BCUT2D eigenvalue weighted by atomic mass is 10.2. The molecule has 1 atom stereocenters. The van der Waals surface area contributed by atoms with Crippen LogP contribution < -0.4 is 5.32 Å². The second-order valence-electron chi connectivity index (χ2n) is 4.07. The van der Waals surface area contributed by atoms with Crippen LogP contribution in [0.2, 0.25) is 5.02 Å². The topological polar surface area (TPSA) is 35.8 Å². The minimum atomic E-state index is -0.0244. The van der Waals surface area contributed by atoms with Gasteiger partial charge in [0, 0.05) is 10.8 Å². The number of halogens is 1. The van der Waals surface area contributed by atoms with E-state index in [0.717, 1.165) is 35.9 Å². The quantitative estimate of drug-likeness (QED) is 0.736. The minimum absolute atomic E-state index is 0.0244. The second-order valence-corrected chi connectivity index (χ2v) is 5.58. The van der Waals surface area contributed by atoms with Gasteiger partial charge in [-0.15, -0.1) is 0 Å². The number of nitrogens with zero attached hydrogens (tertiary/aromatic N) is 1. The van der Waals surface area contributed by atoms with Crippen LogP contribution in [0.3, 0.4) is 0 Å². The van der Waals surface area contributed by atoms with Crippen molar-refractivity contribution in [2.24, 2.45) is 0 Å². The third kappa shape index (κ3) is 5.77. The van der Waals surface area contributed by atoms with E-state index in [1.165, 1.54) is 5.56 Å². The molecule has 4 heteroatoms. The first-order valence-electron chi connectivity index (χ1n) is 6.22. The molecule has 0 aliphatic carbocycles. The van der Waals surface area contributed by atoms with Crippen molar-refractivity contribution in [2.75, 3.05) is 12.3 Å². The van der Waals surface area contributed by atoms with Crippen LogP contribution in [0.25, 0.3) is 0 Å². The summed E-state index contributed by atoms with van der Waals surface area (Å²) in [4.78, 5) is 0. The summed E-state index contributed by atoms with van der Waals surface area (Å²) >= 11 is 7.91. The molecule has 0 bridgehead atoms. The summed E-state index contributed by atoms with van der Waals surface area (Å²) in [5, 5.41) is 13.0. The van der Waals surface area contributed by atoms with E-state index in [0.29, 0.717) is 0 Å². The average Bonchev–Trinajstić information content (AvgIpc) is 2.40. The molecule has 1 unspecified atom stereocenters. The van der Waals surface area contributed by atoms with Crippen LogP contribution in [0, 0.1) is 11.3 Å². The highest BCUT2D eigenvalue weighted by molar-refractivity contribution is 7.98. The Hall–Kier alpha value is -0.690. The summed E-state index contributed by atoms with van der Waals surface area (Å²) in [5.41, 5.74) is 1.17. The Balaban J connectivity index is 2.22. The highest BCUT2D eigenvalue weighted by atomic mass is 35.5. The Labute approximate surface area is 119 Å². The summed E-state index contributed by atoms with van der Waals surface area (Å²) in [6.45, 7) is 3.01. The SMILES string of the molecule is CCCNC(C#N)CCSCc1ccccc1Cl. The van der Waals surface area contributed by atoms with E-state index in [1.54, 1.807) is 0 Å². The minimum Gasteiger partial charge on any atom is -0.302 e. The predicted octanol–water partition coefficient (Wildman–Crippen LogP) is 3.86. The van der Waals surface area contributed by atoms with Crippen molar-refractivity contribution in [3.63, 3.8) is 0 Å². The van der Waals surface area contributed by atoms with Gasteiger partial charge in [0.2, 0.25) is 0 Å². The Bertz CT molecular complexity index is 390. The molecule has 98 valence electrons. The van der Waals surface area contributed by atoms with Crippen molar-refractivity contribution in [3.8, 4) is 6.07 Å². The van der Waals surface area contributed by atoms with Gasteiger partial charge >= 0.3 is 0 Å². The molecule has 0 fully saturated rings. The average molecular weight is 283 g/mol. The molecule has 0 heterocycles. The van der Waals surface area contributed by atoms with E-state index in [1.807, 2.05) is 36.0 Å². The molecule has 0 aliphatic heterocycles. The van der Waals surface area contributed by atoms with Crippen molar-refractivity contribution in [3.05, 3.63) is 34.9 Å². The standard InChI is InChI=1S/C14H19ClN2S/c1-2-8-17-13(10-16)7-9-18-11-12-5-3-4-6-14(12)15/h3-6,13,17H,2,7-9,11H2,1H3. The van der Waals surface area contributed by atoms with Crippen molar-refractivity contribution >= 4 is 23.4 Å². The van der Waals surface area contributed by atoms with Gasteiger partial charge in [0.1, 0.15) is 0 Å². The van der Waals surface area contributed by atoms with Crippen LogP contribution in [0.5, 0.6) is 0 Å². The van der Waals surface area contributed by atoms with E-state index >= 15 is 0 Å². The van der Waals surface area contributed by atoms with Gasteiger partial charge < -0.3 is 5.32 Å². The summed E-state index contributed by atoms with van der Waals surface area (Å²) in [6.07, 6.45) is 1.94. The third-order valence-electron chi connectivity index (χ3n) is 2.56. The Kier molecular flexibility index (Phi) is 7.91. The molecule has 0 aliphatic rings. The van der Waals surface area contributed by atoms with Gasteiger partial charge in [-0.05, 0) is 36.8 Å². The summed E-state index contributed by atoms with van der Waals surface area (Å²) < 4.78 is 0. The van der Waals surface area contributed by atoms with Crippen molar-refractivity contribution in [1.29, 1.82) is 5.26 Å². The zero-order valence-electron chi connectivity index (χ0n) is 10.7. The molecule has 1 N–H and O–H groups in total. The highest BCUT2D eigenvalue weighted by Crippen LogP contribution is 2.21. The molecule has 0 aromatic heterocycles. The summed E-state index contributed by atoms with van der Waals surface area (Å²) in [7, 11) is 0. The molecule has 0 spiro atoms. The number of benzene rings is 1. The molecule has 0 saturated heterocycles. The van der Waals surface area contributed by atoms with Gasteiger partial charge in [0.15, 0.2) is 0 Å². The highest BCUT2D eigenvalue weighted by Gasteiger charge is 2.05. The molecule has 1 aromatic carbocycles. The Morgan fingerprint density at radius 1 is 1.44 bits per heavy atom. The molecule has 2 nitrogen and oxygen atoms in total.